The lowest BCUT2D eigenvalue weighted by atomic mass is 9.82. The molecule has 7 nitrogen and oxygen atoms in total. The number of rotatable bonds is 4. The third-order valence-corrected chi connectivity index (χ3v) is 6.36. The lowest BCUT2D eigenvalue weighted by Crippen LogP contribution is -2.47. The largest absolute Gasteiger partial charge is 0.486 e. The Bertz CT molecular complexity index is 919. The van der Waals surface area contributed by atoms with Gasteiger partial charge in [0.1, 0.15) is 19.0 Å². The number of amides is 1. The van der Waals surface area contributed by atoms with E-state index < -0.39 is 5.41 Å². The summed E-state index contributed by atoms with van der Waals surface area (Å²) in [7, 11) is 0. The molecule has 2 aliphatic heterocycles. The van der Waals surface area contributed by atoms with Crippen LogP contribution in [0.25, 0.3) is 0 Å². The predicted molar refractivity (Wildman–Crippen MR) is 107 cm³/mol. The molecule has 154 valence electrons. The number of aromatic nitrogens is 3. The number of ether oxygens (including phenoxy) is 2. The highest BCUT2D eigenvalue weighted by atomic mass is 16.6. The summed E-state index contributed by atoms with van der Waals surface area (Å²) >= 11 is 0. The highest BCUT2D eigenvalue weighted by molar-refractivity contribution is 5.87. The van der Waals surface area contributed by atoms with E-state index in [1.165, 1.54) is 12.8 Å². The van der Waals surface area contributed by atoms with Crippen molar-refractivity contribution >= 4 is 5.91 Å². The second-order valence-corrected chi connectivity index (χ2v) is 8.93. The van der Waals surface area contributed by atoms with Crippen molar-refractivity contribution in [1.82, 2.24) is 20.1 Å². The van der Waals surface area contributed by atoms with Gasteiger partial charge in [0.15, 0.2) is 17.3 Å². The number of piperidine rings is 1. The molecule has 1 aromatic carbocycles. The smallest absolute Gasteiger partial charge is 0.232 e. The Hall–Kier alpha value is -2.57. The topological polar surface area (TPSA) is 80.3 Å². The third kappa shape index (κ3) is 3.47. The molecule has 3 heterocycles. The van der Waals surface area contributed by atoms with Gasteiger partial charge in [-0.1, -0.05) is 6.07 Å². The molecule has 1 saturated heterocycles. The standard InChI is InChI=1S/C22H28N4O3/c1-22(2,16-7-8-17-18(12-16)29-11-10-28-17)21(27)26-9-3-4-15(13-26)20-23-19(24-25-20)14-5-6-14/h7-8,12,14-15H,3-6,9-11,13H2,1-2H3,(H,23,24,25)/t15-/m0/s1. The fourth-order valence-corrected chi connectivity index (χ4v) is 4.33. The minimum absolute atomic E-state index is 0.136. The zero-order chi connectivity index (χ0) is 20.0. The molecular formula is C22H28N4O3. The van der Waals surface area contributed by atoms with Gasteiger partial charge < -0.3 is 14.4 Å². The Kier molecular flexibility index (Phi) is 4.48. The molecule has 1 N–H and O–H groups in total. The molecule has 1 aliphatic carbocycles. The molecule has 29 heavy (non-hydrogen) atoms. The fraction of sp³-hybridized carbons (Fsp3) is 0.591. The first-order valence-corrected chi connectivity index (χ1v) is 10.6. The van der Waals surface area contributed by atoms with Crippen molar-refractivity contribution < 1.29 is 14.3 Å². The second kappa shape index (κ2) is 7.04. The van der Waals surface area contributed by atoms with Gasteiger partial charge in [-0.15, -0.1) is 0 Å². The summed E-state index contributed by atoms with van der Waals surface area (Å²) in [5.74, 6) is 4.24. The summed E-state index contributed by atoms with van der Waals surface area (Å²) in [5.41, 5.74) is 0.304. The number of nitrogens with one attached hydrogen (secondary N) is 1. The van der Waals surface area contributed by atoms with Crippen LogP contribution in [0.15, 0.2) is 18.2 Å². The Labute approximate surface area is 170 Å². The van der Waals surface area contributed by atoms with E-state index in [2.05, 4.69) is 10.2 Å². The number of carbonyl (C=O) groups is 1. The van der Waals surface area contributed by atoms with Crippen molar-refractivity contribution in [3.8, 4) is 11.5 Å². The van der Waals surface area contributed by atoms with Crippen LogP contribution in [-0.4, -0.2) is 52.3 Å². The molecule has 1 aromatic heterocycles. The van der Waals surface area contributed by atoms with Crippen molar-refractivity contribution in [3.05, 3.63) is 35.4 Å². The number of carbonyl (C=O) groups excluding carboxylic acids is 1. The van der Waals surface area contributed by atoms with E-state index in [1.54, 1.807) is 0 Å². The van der Waals surface area contributed by atoms with E-state index in [0.29, 0.717) is 25.7 Å². The summed E-state index contributed by atoms with van der Waals surface area (Å²) < 4.78 is 11.3. The third-order valence-electron chi connectivity index (χ3n) is 6.36. The van der Waals surface area contributed by atoms with Gasteiger partial charge in [0, 0.05) is 24.9 Å². The molecule has 0 unspecified atom stereocenters. The molecule has 2 fully saturated rings. The monoisotopic (exact) mass is 396 g/mol. The normalized spacial score (nSPS) is 21.9. The van der Waals surface area contributed by atoms with E-state index >= 15 is 0 Å². The molecule has 0 bridgehead atoms. The second-order valence-electron chi connectivity index (χ2n) is 8.93. The van der Waals surface area contributed by atoms with Crippen LogP contribution in [0.2, 0.25) is 0 Å². The Morgan fingerprint density at radius 3 is 2.72 bits per heavy atom. The first kappa shape index (κ1) is 18.5. The quantitative estimate of drug-likeness (QED) is 0.859. The van der Waals surface area contributed by atoms with E-state index in [0.717, 1.165) is 48.1 Å². The van der Waals surface area contributed by atoms with Crippen LogP contribution >= 0.6 is 0 Å². The van der Waals surface area contributed by atoms with E-state index in [-0.39, 0.29) is 11.8 Å². The minimum Gasteiger partial charge on any atom is -0.486 e. The van der Waals surface area contributed by atoms with Crippen LogP contribution in [0.3, 0.4) is 0 Å². The maximum absolute atomic E-state index is 13.5. The van der Waals surface area contributed by atoms with Crippen molar-refractivity contribution in [1.29, 1.82) is 0 Å². The highest BCUT2D eigenvalue weighted by Gasteiger charge is 2.38. The SMILES string of the molecule is CC(C)(C(=O)N1CCC[C@H](c2n[nH]c(C3CC3)n2)C1)c1ccc2c(c1)OCCO2. The molecule has 0 spiro atoms. The van der Waals surface area contributed by atoms with Crippen LogP contribution < -0.4 is 9.47 Å². The molecule has 3 aliphatic rings. The zero-order valence-corrected chi connectivity index (χ0v) is 17.1. The molecule has 1 atom stereocenters. The van der Waals surface area contributed by atoms with Crippen LogP contribution in [0.4, 0.5) is 0 Å². The summed E-state index contributed by atoms with van der Waals surface area (Å²) in [4.78, 5) is 20.2. The Balaban J connectivity index is 1.33. The van der Waals surface area contributed by atoms with Crippen LogP contribution in [0, 0.1) is 0 Å². The Morgan fingerprint density at radius 2 is 1.93 bits per heavy atom. The van der Waals surface area contributed by atoms with Crippen molar-refractivity contribution in [2.75, 3.05) is 26.3 Å². The average Bonchev–Trinajstić information content (AvgIpc) is 3.49. The summed E-state index contributed by atoms with van der Waals surface area (Å²) in [6.45, 7) is 6.54. The number of benzene rings is 1. The summed E-state index contributed by atoms with van der Waals surface area (Å²) in [6, 6.07) is 5.83. The Morgan fingerprint density at radius 1 is 1.14 bits per heavy atom. The lowest BCUT2D eigenvalue weighted by molar-refractivity contribution is -0.137. The predicted octanol–water partition coefficient (Wildman–Crippen LogP) is 3.14. The van der Waals surface area contributed by atoms with Crippen molar-refractivity contribution in [2.24, 2.45) is 0 Å². The van der Waals surface area contributed by atoms with Gasteiger partial charge >= 0.3 is 0 Å². The molecule has 1 saturated carbocycles. The molecule has 2 aromatic rings. The molecule has 7 heteroatoms. The molecule has 5 rings (SSSR count). The first-order valence-electron chi connectivity index (χ1n) is 10.6. The summed E-state index contributed by atoms with van der Waals surface area (Å²) in [5, 5.41) is 7.56. The number of aromatic amines is 1. The fourth-order valence-electron chi connectivity index (χ4n) is 4.33. The van der Waals surface area contributed by atoms with Gasteiger partial charge in [0.2, 0.25) is 5.91 Å². The van der Waals surface area contributed by atoms with Gasteiger partial charge in [-0.25, -0.2) is 4.98 Å². The van der Waals surface area contributed by atoms with Gasteiger partial charge in [0.05, 0.1) is 5.41 Å². The number of hydrogen-bond acceptors (Lipinski definition) is 5. The molecule has 1 amide bonds. The number of fused-ring (bicyclic) bond motifs is 1. The number of H-pyrrole nitrogens is 1. The van der Waals surface area contributed by atoms with Gasteiger partial charge in [-0.2, -0.15) is 5.10 Å². The number of likely N-dealkylation sites (tertiary alicyclic amines) is 1. The van der Waals surface area contributed by atoms with E-state index in [9.17, 15) is 4.79 Å². The highest BCUT2D eigenvalue weighted by Crippen LogP contribution is 2.39. The molecular weight excluding hydrogens is 368 g/mol. The van der Waals surface area contributed by atoms with Crippen LogP contribution in [0.5, 0.6) is 11.5 Å². The molecule has 0 radical (unpaired) electrons. The van der Waals surface area contributed by atoms with E-state index in [1.807, 2.05) is 36.9 Å². The average molecular weight is 396 g/mol. The summed E-state index contributed by atoms with van der Waals surface area (Å²) in [6.07, 6.45) is 4.40. The zero-order valence-electron chi connectivity index (χ0n) is 17.1. The number of nitrogens with zero attached hydrogens (tertiary/aromatic N) is 3. The van der Waals surface area contributed by atoms with Crippen LogP contribution in [0.1, 0.15) is 68.6 Å². The first-order chi connectivity index (χ1) is 14.0. The minimum atomic E-state index is -0.643. The van der Waals surface area contributed by atoms with Crippen LogP contribution in [-0.2, 0) is 10.2 Å². The van der Waals surface area contributed by atoms with Crippen molar-refractivity contribution in [2.45, 2.75) is 56.8 Å². The van der Waals surface area contributed by atoms with Gasteiger partial charge in [-0.05, 0) is 57.2 Å². The van der Waals surface area contributed by atoms with E-state index in [4.69, 9.17) is 14.5 Å². The number of hydrogen-bond donors (Lipinski definition) is 1. The van der Waals surface area contributed by atoms with Crippen molar-refractivity contribution in [3.63, 3.8) is 0 Å². The lowest BCUT2D eigenvalue weighted by Gasteiger charge is -2.37. The maximum atomic E-state index is 13.5. The maximum Gasteiger partial charge on any atom is 0.232 e. The van der Waals surface area contributed by atoms with Gasteiger partial charge in [0.25, 0.3) is 0 Å². The van der Waals surface area contributed by atoms with Gasteiger partial charge in [-0.3, -0.25) is 9.89 Å².